The first-order valence-electron chi connectivity index (χ1n) is 5.62. The molecule has 0 aliphatic heterocycles. The molecule has 2 rings (SSSR count). The van der Waals surface area contributed by atoms with E-state index in [-0.39, 0.29) is 18.0 Å². The van der Waals surface area contributed by atoms with E-state index in [4.69, 9.17) is 5.11 Å². The second-order valence-corrected chi connectivity index (χ2v) is 5.15. The smallest absolute Gasteiger partial charge is 0.335 e. The molecule has 1 aliphatic carbocycles. The molecule has 18 heavy (non-hydrogen) atoms. The Bertz CT molecular complexity index is 486. The Balaban J connectivity index is 1.98. The van der Waals surface area contributed by atoms with Crippen molar-refractivity contribution in [1.82, 2.24) is 5.32 Å². The summed E-state index contributed by atoms with van der Waals surface area (Å²) in [4.78, 5) is 22.5. The van der Waals surface area contributed by atoms with Crippen LogP contribution in [0.2, 0.25) is 0 Å². The van der Waals surface area contributed by atoms with Crippen LogP contribution in [0.5, 0.6) is 0 Å². The zero-order valence-corrected chi connectivity index (χ0v) is 11.2. The second-order valence-electron chi connectivity index (χ2n) is 4.24. The van der Waals surface area contributed by atoms with Crippen LogP contribution in [0.1, 0.15) is 23.2 Å². The summed E-state index contributed by atoms with van der Waals surface area (Å²) >= 11 is 3.21. The number of carboxylic acids is 1. The Hall–Kier alpha value is -1.40. The summed E-state index contributed by atoms with van der Waals surface area (Å²) in [5.74, 6) is -1.20. The third kappa shape index (κ3) is 3.82. The van der Waals surface area contributed by atoms with Crippen molar-refractivity contribution < 1.29 is 14.7 Å². The van der Waals surface area contributed by atoms with Crippen molar-refractivity contribution in [2.24, 2.45) is 0 Å². The molecule has 1 aromatic carbocycles. The molecular weight excluding hydrogens is 300 g/mol. The van der Waals surface area contributed by atoms with Crippen LogP contribution in [0.4, 0.5) is 5.69 Å². The highest BCUT2D eigenvalue weighted by Crippen LogP contribution is 2.20. The number of hydrogen-bond acceptors (Lipinski definition) is 3. The number of halogens is 1. The second kappa shape index (κ2) is 5.49. The molecule has 3 N–H and O–H groups in total. The topological polar surface area (TPSA) is 78.4 Å². The maximum Gasteiger partial charge on any atom is 0.335 e. The van der Waals surface area contributed by atoms with Gasteiger partial charge >= 0.3 is 5.97 Å². The Morgan fingerprint density at radius 3 is 2.67 bits per heavy atom. The van der Waals surface area contributed by atoms with E-state index >= 15 is 0 Å². The normalized spacial score (nSPS) is 14.3. The van der Waals surface area contributed by atoms with Gasteiger partial charge in [0.1, 0.15) is 0 Å². The van der Waals surface area contributed by atoms with E-state index in [9.17, 15) is 9.59 Å². The predicted molar refractivity (Wildman–Crippen MR) is 70.8 cm³/mol. The highest BCUT2D eigenvalue weighted by molar-refractivity contribution is 9.10. The van der Waals surface area contributed by atoms with Crippen LogP contribution in [-0.4, -0.2) is 29.6 Å². The molecule has 1 fully saturated rings. The molecule has 0 aromatic heterocycles. The SMILES string of the molecule is O=C(CNC1CC1)Nc1cc(Br)cc(C(=O)O)c1. The number of hydrogen-bond donors (Lipinski definition) is 3. The van der Waals surface area contributed by atoms with E-state index in [1.54, 1.807) is 6.07 Å². The first-order chi connectivity index (χ1) is 8.54. The van der Waals surface area contributed by atoms with E-state index in [1.165, 1.54) is 12.1 Å². The quantitative estimate of drug-likeness (QED) is 0.775. The third-order valence-electron chi connectivity index (χ3n) is 2.56. The van der Waals surface area contributed by atoms with E-state index < -0.39 is 5.97 Å². The van der Waals surface area contributed by atoms with Crippen LogP contribution < -0.4 is 10.6 Å². The lowest BCUT2D eigenvalue weighted by Gasteiger charge is -2.07. The summed E-state index contributed by atoms with van der Waals surface area (Å²) in [6.45, 7) is 0.250. The van der Waals surface area contributed by atoms with Crippen LogP contribution in [-0.2, 0) is 4.79 Å². The van der Waals surface area contributed by atoms with Crippen LogP contribution in [0.3, 0.4) is 0 Å². The Kier molecular flexibility index (Phi) is 3.98. The molecule has 1 amide bonds. The number of carbonyl (C=O) groups is 2. The summed E-state index contributed by atoms with van der Waals surface area (Å²) in [7, 11) is 0. The lowest BCUT2D eigenvalue weighted by Crippen LogP contribution is -2.29. The van der Waals surface area contributed by atoms with Gasteiger partial charge in [0.25, 0.3) is 0 Å². The summed E-state index contributed by atoms with van der Waals surface area (Å²) in [6, 6.07) is 5.05. The first kappa shape index (κ1) is 13.0. The molecule has 0 bridgehead atoms. The van der Waals surface area contributed by atoms with E-state index in [0.717, 1.165) is 12.8 Å². The Morgan fingerprint density at radius 2 is 2.06 bits per heavy atom. The van der Waals surface area contributed by atoms with Crippen molar-refractivity contribution in [3.8, 4) is 0 Å². The average Bonchev–Trinajstić information content (AvgIpc) is 3.09. The molecule has 1 aliphatic rings. The Morgan fingerprint density at radius 1 is 1.33 bits per heavy atom. The standard InChI is InChI=1S/C12H13BrN2O3/c13-8-3-7(12(17)18)4-10(5-8)15-11(16)6-14-9-1-2-9/h3-5,9,14H,1-2,6H2,(H,15,16)(H,17,18). The number of nitrogens with one attached hydrogen (secondary N) is 2. The van der Waals surface area contributed by atoms with Crippen LogP contribution >= 0.6 is 15.9 Å². The van der Waals surface area contributed by atoms with Crippen LogP contribution in [0, 0.1) is 0 Å². The largest absolute Gasteiger partial charge is 0.478 e. The van der Waals surface area contributed by atoms with Gasteiger partial charge in [-0.1, -0.05) is 15.9 Å². The maximum atomic E-state index is 11.6. The van der Waals surface area contributed by atoms with Crippen LogP contribution in [0.25, 0.3) is 0 Å². The van der Waals surface area contributed by atoms with E-state index in [2.05, 4.69) is 26.6 Å². The number of amides is 1. The molecule has 0 heterocycles. The summed E-state index contributed by atoms with van der Waals surface area (Å²) in [5, 5.41) is 14.7. The molecule has 0 saturated heterocycles. The summed E-state index contributed by atoms with van der Waals surface area (Å²) < 4.78 is 0.618. The fourth-order valence-corrected chi connectivity index (χ4v) is 2.01. The maximum absolute atomic E-state index is 11.6. The molecular formula is C12H13BrN2O3. The lowest BCUT2D eigenvalue weighted by atomic mass is 10.2. The molecule has 6 heteroatoms. The molecule has 96 valence electrons. The fourth-order valence-electron chi connectivity index (χ4n) is 1.51. The molecule has 5 nitrogen and oxygen atoms in total. The van der Waals surface area contributed by atoms with Crippen molar-refractivity contribution in [1.29, 1.82) is 0 Å². The van der Waals surface area contributed by atoms with Gasteiger partial charge in [0.05, 0.1) is 12.1 Å². The number of anilines is 1. The molecule has 0 atom stereocenters. The summed E-state index contributed by atoms with van der Waals surface area (Å²) in [6.07, 6.45) is 2.24. The fraction of sp³-hybridized carbons (Fsp3) is 0.333. The molecule has 1 saturated carbocycles. The van der Waals surface area contributed by atoms with Crippen molar-refractivity contribution in [2.45, 2.75) is 18.9 Å². The van der Waals surface area contributed by atoms with Gasteiger partial charge in [0, 0.05) is 16.2 Å². The average molecular weight is 313 g/mol. The number of carboxylic acid groups (broad SMARTS) is 1. The van der Waals surface area contributed by atoms with E-state index in [0.29, 0.717) is 16.2 Å². The van der Waals surface area contributed by atoms with Crippen LogP contribution in [0.15, 0.2) is 22.7 Å². The van der Waals surface area contributed by atoms with Gasteiger partial charge in [-0.05, 0) is 31.0 Å². The van der Waals surface area contributed by atoms with Gasteiger partial charge in [0.15, 0.2) is 0 Å². The molecule has 0 spiro atoms. The van der Waals surface area contributed by atoms with Gasteiger partial charge in [-0.3, -0.25) is 4.79 Å². The van der Waals surface area contributed by atoms with Gasteiger partial charge in [-0.15, -0.1) is 0 Å². The number of aromatic carboxylic acids is 1. The molecule has 0 radical (unpaired) electrons. The van der Waals surface area contributed by atoms with Gasteiger partial charge in [-0.25, -0.2) is 4.79 Å². The zero-order chi connectivity index (χ0) is 13.1. The number of rotatable bonds is 5. The number of carbonyl (C=O) groups excluding carboxylic acids is 1. The molecule has 1 aromatic rings. The minimum atomic E-state index is -1.03. The third-order valence-corrected chi connectivity index (χ3v) is 3.01. The summed E-state index contributed by atoms with van der Waals surface area (Å²) in [5.41, 5.74) is 0.610. The van der Waals surface area contributed by atoms with Gasteiger partial charge < -0.3 is 15.7 Å². The minimum Gasteiger partial charge on any atom is -0.478 e. The Labute approximate surface area is 113 Å². The van der Waals surface area contributed by atoms with Crippen molar-refractivity contribution >= 4 is 33.5 Å². The monoisotopic (exact) mass is 312 g/mol. The predicted octanol–water partition coefficient (Wildman–Crippen LogP) is 1.84. The highest BCUT2D eigenvalue weighted by Gasteiger charge is 2.21. The van der Waals surface area contributed by atoms with Gasteiger partial charge in [-0.2, -0.15) is 0 Å². The first-order valence-corrected chi connectivity index (χ1v) is 6.41. The van der Waals surface area contributed by atoms with Crippen molar-refractivity contribution in [3.63, 3.8) is 0 Å². The highest BCUT2D eigenvalue weighted by atomic mass is 79.9. The van der Waals surface area contributed by atoms with Crippen molar-refractivity contribution in [2.75, 3.05) is 11.9 Å². The zero-order valence-electron chi connectivity index (χ0n) is 9.57. The minimum absolute atomic E-state index is 0.134. The van der Waals surface area contributed by atoms with Crippen molar-refractivity contribution in [3.05, 3.63) is 28.2 Å². The van der Waals surface area contributed by atoms with E-state index in [1.807, 2.05) is 0 Å². The van der Waals surface area contributed by atoms with Gasteiger partial charge in [0.2, 0.25) is 5.91 Å². The lowest BCUT2D eigenvalue weighted by molar-refractivity contribution is -0.115. The number of benzene rings is 1. The molecule has 0 unspecified atom stereocenters.